The fourth-order valence-electron chi connectivity index (χ4n) is 1.17. The van der Waals surface area contributed by atoms with Gasteiger partial charge in [0.2, 0.25) is 0 Å². The standard InChI is InChI=1S/C10H4F5NO/c11-5-1-2-6(8(12)3-5)7(4-16)9(17)10(13,14)15/h1-3,7H. The number of hydrogen-bond acceptors (Lipinski definition) is 2. The van der Waals surface area contributed by atoms with Crippen LogP contribution in [0.15, 0.2) is 18.2 Å². The largest absolute Gasteiger partial charge is 0.451 e. The van der Waals surface area contributed by atoms with Crippen molar-refractivity contribution in [2.24, 2.45) is 0 Å². The molecule has 0 aromatic heterocycles. The molecule has 7 heteroatoms. The van der Waals surface area contributed by atoms with Gasteiger partial charge in [-0.3, -0.25) is 4.79 Å². The highest BCUT2D eigenvalue weighted by Crippen LogP contribution is 2.28. The zero-order valence-corrected chi connectivity index (χ0v) is 8.05. The number of halogens is 5. The molecule has 2 nitrogen and oxygen atoms in total. The number of nitriles is 1. The van der Waals surface area contributed by atoms with Crippen molar-refractivity contribution >= 4 is 5.78 Å². The van der Waals surface area contributed by atoms with Crippen LogP contribution in [0.1, 0.15) is 11.5 Å². The first-order chi connectivity index (χ1) is 7.77. The number of hydrogen-bond donors (Lipinski definition) is 0. The van der Waals surface area contributed by atoms with Gasteiger partial charge in [-0.05, 0) is 6.07 Å². The zero-order valence-electron chi connectivity index (χ0n) is 8.05. The maximum atomic E-state index is 13.1. The molecule has 0 aliphatic heterocycles. The fraction of sp³-hybridized carbons (Fsp3) is 0.200. The van der Waals surface area contributed by atoms with Crippen LogP contribution in [0.5, 0.6) is 0 Å². The quantitative estimate of drug-likeness (QED) is 0.756. The first kappa shape index (κ1) is 13.1. The molecule has 1 aromatic carbocycles. The molecule has 0 heterocycles. The van der Waals surface area contributed by atoms with Crippen LogP contribution >= 0.6 is 0 Å². The second-order valence-electron chi connectivity index (χ2n) is 3.09. The van der Waals surface area contributed by atoms with Crippen molar-refractivity contribution in [1.29, 1.82) is 5.26 Å². The lowest BCUT2D eigenvalue weighted by Gasteiger charge is -2.11. The highest BCUT2D eigenvalue weighted by molar-refractivity contribution is 5.92. The predicted molar refractivity (Wildman–Crippen MR) is 45.8 cm³/mol. The van der Waals surface area contributed by atoms with Gasteiger partial charge in [0, 0.05) is 11.6 Å². The molecule has 17 heavy (non-hydrogen) atoms. The van der Waals surface area contributed by atoms with Crippen molar-refractivity contribution in [3.8, 4) is 6.07 Å². The maximum absolute atomic E-state index is 13.1. The minimum atomic E-state index is -5.25. The summed E-state index contributed by atoms with van der Waals surface area (Å²) >= 11 is 0. The highest BCUT2D eigenvalue weighted by atomic mass is 19.4. The molecule has 0 spiro atoms. The topological polar surface area (TPSA) is 40.9 Å². The molecule has 90 valence electrons. The third-order valence-electron chi connectivity index (χ3n) is 1.94. The Balaban J connectivity index is 3.21. The molecule has 0 aliphatic rings. The Bertz CT molecular complexity index is 488. The third kappa shape index (κ3) is 2.78. The smallest absolute Gasteiger partial charge is 0.288 e. The van der Waals surface area contributed by atoms with Crippen molar-refractivity contribution in [2.75, 3.05) is 0 Å². The van der Waals surface area contributed by atoms with Crippen LogP contribution in [0.2, 0.25) is 0 Å². The predicted octanol–water partition coefficient (Wildman–Crippen LogP) is 2.70. The minimum Gasteiger partial charge on any atom is -0.288 e. The molecule has 0 saturated carbocycles. The molecule has 0 aliphatic carbocycles. The SMILES string of the molecule is N#CC(C(=O)C(F)(F)F)c1ccc(F)cc1F. The van der Waals surface area contributed by atoms with E-state index >= 15 is 0 Å². The number of Topliss-reactive ketones (excluding diaryl/α,β-unsaturated/α-hetero) is 1. The van der Waals surface area contributed by atoms with Crippen LogP contribution in [-0.2, 0) is 4.79 Å². The van der Waals surface area contributed by atoms with Gasteiger partial charge in [0.05, 0.1) is 6.07 Å². The van der Waals surface area contributed by atoms with Crippen LogP contribution < -0.4 is 0 Å². The van der Waals surface area contributed by atoms with E-state index in [0.29, 0.717) is 18.2 Å². The van der Waals surface area contributed by atoms with Gasteiger partial charge < -0.3 is 0 Å². The Labute approximate surface area is 92.3 Å². The van der Waals surface area contributed by atoms with E-state index in [1.165, 1.54) is 0 Å². The average Bonchev–Trinajstić information content (AvgIpc) is 2.20. The van der Waals surface area contributed by atoms with Gasteiger partial charge in [-0.25, -0.2) is 8.78 Å². The molecule has 0 amide bonds. The van der Waals surface area contributed by atoms with E-state index in [-0.39, 0.29) is 0 Å². The molecule has 0 N–H and O–H groups in total. The summed E-state index contributed by atoms with van der Waals surface area (Å²) in [6, 6.07) is 2.68. The maximum Gasteiger partial charge on any atom is 0.451 e. The first-order valence-electron chi connectivity index (χ1n) is 4.23. The van der Waals surface area contributed by atoms with Crippen molar-refractivity contribution < 1.29 is 26.7 Å². The Morgan fingerprint density at radius 1 is 1.29 bits per heavy atom. The number of carbonyl (C=O) groups excluding carboxylic acids is 1. The lowest BCUT2D eigenvalue weighted by Crippen LogP contribution is -2.29. The van der Waals surface area contributed by atoms with Crippen LogP contribution in [0.25, 0.3) is 0 Å². The third-order valence-corrected chi connectivity index (χ3v) is 1.94. The van der Waals surface area contributed by atoms with E-state index in [4.69, 9.17) is 5.26 Å². The van der Waals surface area contributed by atoms with E-state index in [2.05, 4.69) is 0 Å². The number of alkyl halides is 3. The Morgan fingerprint density at radius 2 is 1.88 bits per heavy atom. The van der Waals surface area contributed by atoms with Gasteiger partial charge in [-0.15, -0.1) is 0 Å². The average molecular weight is 249 g/mol. The molecule has 1 rings (SSSR count). The minimum absolute atomic E-state index is 0.309. The summed E-state index contributed by atoms with van der Waals surface area (Å²) < 4.78 is 61.9. The number of benzene rings is 1. The molecule has 0 fully saturated rings. The molecular formula is C10H4F5NO. The van der Waals surface area contributed by atoms with Crippen molar-refractivity contribution in [3.63, 3.8) is 0 Å². The molecule has 1 aromatic rings. The lowest BCUT2D eigenvalue weighted by atomic mass is 9.95. The highest BCUT2D eigenvalue weighted by Gasteiger charge is 2.44. The van der Waals surface area contributed by atoms with Gasteiger partial charge in [0.1, 0.15) is 17.6 Å². The van der Waals surface area contributed by atoms with Crippen LogP contribution in [-0.4, -0.2) is 12.0 Å². The van der Waals surface area contributed by atoms with E-state index < -0.39 is 35.1 Å². The van der Waals surface area contributed by atoms with Gasteiger partial charge in [0.25, 0.3) is 5.78 Å². The monoisotopic (exact) mass is 249 g/mol. The van der Waals surface area contributed by atoms with E-state index in [0.717, 1.165) is 6.07 Å². The summed E-state index contributed by atoms with van der Waals surface area (Å²) in [5.74, 6) is -7.09. The van der Waals surface area contributed by atoms with E-state index in [1.54, 1.807) is 0 Å². The Morgan fingerprint density at radius 3 is 2.29 bits per heavy atom. The summed E-state index contributed by atoms with van der Waals surface area (Å²) in [4.78, 5) is 10.8. The second-order valence-corrected chi connectivity index (χ2v) is 3.09. The van der Waals surface area contributed by atoms with Crippen LogP contribution in [0, 0.1) is 23.0 Å². The summed E-state index contributed by atoms with van der Waals surface area (Å²) in [6.45, 7) is 0. The van der Waals surface area contributed by atoms with Crippen LogP contribution in [0.4, 0.5) is 22.0 Å². The number of nitrogens with zero attached hydrogens (tertiary/aromatic N) is 1. The molecule has 0 saturated heterocycles. The molecule has 1 unspecified atom stereocenters. The summed E-state index contributed by atoms with van der Waals surface area (Å²) in [5.41, 5.74) is -0.795. The van der Waals surface area contributed by atoms with Crippen molar-refractivity contribution in [1.82, 2.24) is 0 Å². The number of ketones is 1. The van der Waals surface area contributed by atoms with Crippen LogP contribution in [0.3, 0.4) is 0 Å². The Kier molecular flexibility index (Phi) is 3.46. The van der Waals surface area contributed by atoms with Gasteiger partial charge in [-0.2, -0.15) is 18.4 Å². The van der Waals surface area contributed by atoms with Gasteiger partial charge in [-0.1, -0.05) is 6.07 Å². The molecular weight excluding hydrogens is 245 g/mol. The second kappa shape index (κ2) is 4.49. The van der Waals surface area contributed by atoms with Gasteiger partial charge in [0.15, 0.2) is 0 Å². The first-order valence-corrected chi connectivity index (χ1v) is 4.23. The zero-order chi connectivity index (χ0) is 13.2. The summed E-state index contributed by atoms with van der Waals surface area (Å²) in [7, 11) is 0. The fourth-order valence-corrected chi connectivity index (χ4v) is 1.17. The number of rotatable bonds is 2. The summed E-state index contributed by atoms with van der Waals surface area (Å²) in [5, 5.41) is 8.48. The Hall–Kier alpha value is -1.97. The normalized spacial score (nSPS) is 12.9. The molecule has 0 radical (unpaired) electrons. The molecule has 1 atom stereocenters. The lowest BCUT2D eigenvalue weighted by molar-refractivity contribution is -0.171. The molecule has 0 bridgehead atoms. The van der Waals surface area contributed by atoms with Crippen molar-refractivity contribution in [2.45, 2.75) is 12.1 Å². The van der Waals surface area contributed by atoms with E-state index in [9.17, 15) is 26.7 Å². The van der Waals surface area contributed by atoms with E-state index in [1.807, 2.05) is 0 Å². The number of carbonyl (C=O) groups is 1. The van der Waals surface area contributed by atoms with Crippen molar-refractivity contribution in [3.05, 3.63) is 35.4 Å². The summed E-state index contributed by atoms with van der Waals surface area (Å²) in [6.07, 6.45) is -5.25. The van der Waals surface area contributed by atoms with Gasteiger partial charge >= 0.3 is 6.18 Å².